The molecule has 1 atom stereocenters. The van der Waals surface area contributed by atoms with Gasteiger partial charge in [-0.15, -0.1) is 0 Å². The highest BCUT2D eigenvalue weighted by molar-refractivity contribution is 6.31. The van der Waals surface area contributed by atoms with Gasteiger partial charge in [-0.3, -0.25) is 14.4 Å². The van der Waals surface area contributed by atoms with Gasteiger partial charge in [0.15, 0.2) is 5.78 Å². The normalized spacial score (nSPS) is 11.7. The van der Waals surface area contributed by atoms with E-state index in [2.05, 4.69) is 10.6 Å². The van der Waals surface area contributed by atoms with E-state index in [1.165, 1.54) is 59.3 Å². The first kappa shape index (κ1) is 42.1. The summed E-state index contributed by atoms with van der Waals surface area (Å²) in [6.07, 6.45) is 0. The molecule has 0 radical (unpaired) electrons. The minimum absolute atomic E-state index is 0.0805. The van der Waals surface area contributed by atoms with Crippen molar-refractivity contribution in [2.45, 2.75) is 26.4 Å². The molecule has 0 saturated heterocycles. The monoisotopic (exact) mass is 810 g/mol. The van der Waals surface area contributed by atoms with E-state index in [4.69, 9.17) is 32.7 Å². The van der Waals surface area contributed by atoms with E-state index in [0.29, 0.717) is 55.2 Å². The number of nitrogens with one attached hydrogen (secondary N) is 2. The summed E-state index contributed by atoms with van der Waals surface area (Å²) in [4.78, 5) is 35.1. The number of halogens is 4. The Morgan fingerprint density at radius 2 is 1.09 bits per heavy atom. The summed E-state index contributed by atoms with van der Waals surface area (Å²) in [5.41, 5.74) is 1.78. The Kier molecular flexibility index (Phi) is 13.5. The highest BCUT2D eigenvalue weighted by atomic mass is 35.5. The Bertz CT molecular complexity index is 2440. The first-order chi connectivity index (χ1) is 27.1. The third kappa shape index (κ3) is 9.85. The topological polar surface area (TPSA) is 114 Å². The molecule has 57 heavy (non-hydrogen) atoms. The molecule has 8 nitrogen and oxygen atoms in total. The fraction of sp³-hybridized carbons (Fsp3) is 0.133. The number of methoxy groups -OCH3 is 2. The van der Waals surface area contributed by atoms with E-state index in [1.807, 2.05) is 0 Å². The van der Waals surface area contributed by atoms with Crippen molar-refractivity contribution in [1.29, 1.82) is 0 Å². The van der Waals surface area contributed by atoms with Gasteiger partial charge < -0.3 is 25.2 Å². The summed E-state index contributed by atoms with van der Waals surface area (Å²) in [5, 5.41) is 17.4. The number of anilines is 2. The molecule has 6 rings (SSSR count). The maximum atomic E-state index is 15.6. The Balaban J connectivity index is 0.000000218. The molecule has 0 spiro atoms. The number of carbonyl (C=O) groups is 3. The third-order valence-corrected chi connectivity index (χ3v) is 9.35. The number of benzene rings is 6. The lowest BCUT2D eigenvalue weighted by Gasteiger charge is -2.27. The van der Waals surface area contributed by atoms with Crippen molar-refractivity contribution in [3.05, 3.63) is 165 Å². The van der Waals surface area contributed by atoms with Gasteiger partial charge in [0.25, 0.3) is 0 Å². The van der Waals surface area contributed by atoms with Crippen molar-refractivity contribution in [3.8, 4) is 33.8 Å². The largest absolute Gasteiger partial charge is 0.496 e. The van der Waals surface area contributed by atoms with E-state index in [-0.39, 0.29) is 34.1 Å². The van der Waals surface area contributed by atoms with Crippen LogP contribution in [0.15, 0.2) is 121 Å². The van der Waals surface area contributed by atoms with Crippen LogP contribution in [0.1, 0.15) is 47.8 Å². The molecule has 12 heteroatoms. The van der Waals surface area contributed by atoms with Gasteiger partial charge in [0.05, 0.1) is 30.9 Å². The van der Waals surface area contributed by atoms with Crippen LogP contribution in [-0.2, 0) is 15.2 Å². The lowest BCUT2D eigenvalue weighted by atomic mass is 9.85. The first-order valence-electron chi connectivity index (χ1n) is 17.4. The molecular weight excluding hydrogens is 773 g/mol. The van der Waals surface area contributed by atoms with Gasteiger partial charge in [0.2, 0.25) is 11.8 Å². The number of aliphatic hydroxyl groups is 1. The van der Waals surface area contributed by atoms with Gasteiger partial charge in [-0.05, 0) is 109 Å². The van der Waals surface area contributed by atoms with Crippen LogP contribution >= 0.6 is 23.2 Å². The number of rotatable bonds is 10. The smallest absolute Gasteiger partial charge is 0.221 e. The van der Waals surface area contributed by atoms with Crippen LogP contribution in [0.5, 0.6) is 11.5 Å². The summed E-state index contributed by atoms with van der Waals surface area (Å²) in [6, 6.07) is 32.4. The highest BCUT2D eigenvalue weighted by Crippen LogP contribution is 2.41. The van der Waals surface area contributed by atoms with Crippen molar-refractivity contribution >= 4 is 52.2 Å². The molecule has 0 saturated carbocycles. The second kappa shape index (κ2) is 18.3. The van der Waals surface area contributed by atoms with Crippen molar-refractivity contribution in [2.75, 3.05) is 24.9 Å². The summed E-state index contributed by atoms with van der Waals surface area (Å²) in [5.74, 6) is -1.52. The second-order valence-electron chi connectivity index (χ2n) is 12.9. The number of carbonyl (C=O) groups excluding carboxylic acids is 3. The molecule has 3 N–H and O–H groups in total. The lowest BCUT2D eigenvalue weighted by molar-refractivity contribution is -0.115. The van der Waals surface area contributed by atoms with Crippen molar-refractivity contribution in [2.24, 2.45) is 0 Å². The zero-order valence-electron chi connectivity index (χ0n) is 31.5. The van der Waals surface area contributed by atoms with E-state index < -0.39 is 23.0 Å². The minimum atomic E-state index is -1.61. The molecule has 1 unspecified atom stereocenters. The number of ketones is 1. The summed E-state index contributed by atoms with van der Waals surface area (Å²) in [7, 11) is 2.90. The quantitative estimate of drug-likeness (QED) is 0.119. The summed E-state index contributed by atoms with van der Waals surface area (Å²) in [6.45, 7) is 4.32. The van der Waals surface area contributed by atoms with Crippen LogP contribution in [0, 0.1) is 11.6 Å². The van der Waals surface area contributed by atoms with Crippen LogP contribution < -0.4 is 20.1 Å². The molecule has 0 heterocycles. The van der Waals surface area contributed by atoms with E-state index in [1.54, 1.807) is 97.1 Å². The Labute approximate surface area is 339 Å². The van der Waals surface area contributed by atoms with Gasteiger partial charge in [-0.1, -0.05) is 59.6 Å². The molecule has 6 aromatic carbocycles. The van der Waals surface area contributed by atoms with E-state index in [9.17, 15) is 19.5 Å². The highest BCUT2D eigenvalue weighted by Gasteiger charge is 2.32. The van der Waals surface area contributed by atoms with E-state index >= 15 is 8.78 Å². The number of hydrogen-bond donors (Lipinski definition) is 3. The molecule has 2 amide bonds. The average Bonchev–Trinajstić information content (AvgIpc) is 3.17. The molecule has 0 aliphatic carbocycles. The summed E-state index contributed by atoms with van der Waals surface area (Å²) >= 11 is 12.1. The van der Waals surface area contributed by atoms with Gasteiger partial charge in [-0.2, -0.15) is 0 Å². The standard InChI is InChI=1S/C23H21ClFNO3.C22H17ClFNO3/c1-14(27)26-18-9-7-16(8-10-18)23(2,28)19-11-12-20(29-3)21(22(19)25)15-5-4-6-17(24)13-15;1-13(26)25-17-8-6-14(7-9-17)22(27)18-10-11-19(28-2)20(21(18)24)15-4-3-5-16(23)12-15/h4-13,28H,1-3H3,(H,26,27);3-12H,1-2H3,(H,25,26). The Hall–Kier alpha value is -6.07. The van der Waals surface area contributed by atoms with Crippen molar-refractivity contribution in [1.82, 2.24) is 0 Å². The molecular formula is C45H38Cl2F2N2O6. The fourth-order valence-corrected chi connectivity index (χ4v) is 6.52. The van der Waals surface area contributed by atoms with Gasteiger partial charge in [-0.25, -0.2) is 8.78 Å². The lowest BCUT2D eigenvalue weighted by Crippen LogP contribution is -2.24. The SMILES string of the molecule is COc1ccc(C(=O)c2ccc(NC(C)=O)cc2)c(F)c1-c1cccc(Cl)c1.COc1ccc(C(C)(O)c2ccc(NC(C)=O)cc2)c(F)c1-c1cccc(Cl)c1. The van der Waals surface area contributed by atoms with Crippen LogP contribution in [0.3, 0.4) is 0 Å². The molecule has 0 aliphatic heterocycles. The van der Waals surface area contributed by atoms with Crippen LogP contribution in [-0.4, -0.2) is 36.9 Å². The molecule has 0 fully saturated rings. The van der Waals surface area contributed by atoms with Crippen LogP contribution in [0.2, 0.25) is 10.0 Å². The van der Waals surface area contributed by atoms with Gasteiger partial charge in [0, 0.05) is 46.4 Å². The number of hydrogen-bond acceptors (Lipinski definition) is 6. The Morgan fingerprint density at radius 3 is 1.54 bits per heavy atom. The molecule has 0 aromatic heterocycles. The van der Waals surface area contributed by atoms with E-state index in [0.717, 1.165) is 0 Å². The molecule has 0 bridgehead atoms. The molecule has 0 aliphatic rings. The Morgan fingerprint density at radius 1 is 0.632 bits per heavy atom. The van der Waals surface area contributed by atoms with Crippen molar-refractivity contribution < 1.29 is 37.7 Å². The number of amides is 2. The maximum absolute atomic E-state index is 15.6. The molecule has 292 valence electrons. The zero-order chi connectivity index (χ0) is 41.4. The first-order valence-corrected chi connectivity index (χ1v) is 18.2. The van der Waals surface area contributed by atoms with Gasteiger partial charge >= 0.3 is 0 Å². The van der Waals surface area contributed by atoms with Gasteiger partial charge in [0.1, 0.15) is 28.7 Å². The zero-order valence-corrected chi connectivity index (χ0v) is 33.1. The van der Waals surface area contributed by atoms with Crippen LogP contribution in [0.4, 0.5) is 20.2 Å². The predicted molar refractivity (Wildman–Crippen MR) is 220 cm³/mol. The summed E-state index contributed by atoms with van der Waals surface area (Å²) < 4.78 is 41.6. The maximum Gasteiger partial charge on any atom is 0.221 e. The average molecular weight is 812 g/mol. The second-order valence-corrected chi connectivity index (χ2v) is 13.8. The minimum Gasteiger partial charge on any atom is -0.496 e. The molecule has 6 aromatic rings. The van der Waals surface area contributed by atoms with Crippen LogP contribution in [0.25, 0.3) is 22.3 Å². The third-order valence-electron chi connectivity index (χ3n) is 8.88. The number of ether oxygens (including phenoxy) is 2. The van der Waals surface area contributed by atoms with Crippen molar-refractivity contribution in [3.63, 3.8) is 0 Å². The fourth-order valence-electron chi connectivity index (χ4n) is 6.13. The predicted octanol–water partition coefficient (Wildman–Crippen LogP) is 10.7.